The molecular weight excluding hydrogens is 256 g/mol. The van der Waals surface area contributed by atoms with Crippen LogP contribution in [0.15, 0.2) is 30.4 Å². The van der Waals surface area contributed by atoms with Crippen molar-refractivity contribution in [2.24, 2.45) is 5.41 Å². The van der Waals surface area contributed by atoms with Crippen LogP contribution in [0.4, 0.5) is 0 Å². The van der Waals surface area contributed by atoms with Crippen LogP contribution in [-0.4, -0.2) is 26.0 Å². The maximum Gasteiger partial charge on any atom is 0.330 e. The van der Waals surface area contributed by atoms with E-state index in [0.29, 0.717) is 17.7 Å². The lowest BCUT2D eigenvalue weighted by atomic mass is 9.71. The van der Waals surface area contributed by atoms with Crippen molar-refractivity contribution in [1.29, 1.82) is 0 Å². The number of carbonyl (C=O) groups is 2. The number of allylic oxidation sites excluding steroid dienone is 1. The second kappa shape index (κ2) is 5.49. The number of aryl methyl sites for hydroxylation is 1. The summed E-state index contributed by atoms with van der Waals surface area (Å²) in [5, 5.41) is 0. The molecule has 1 unspecified atom stereocenters. The van der Waals surface area contributed by atoms with Crippen LogP contribution < -0.4 is 4.74 Å². The first-order valence-corrected chi connectivity index (χ1v) is 6.49. The van der Waals surface area contributed by atoms with E-state index in [1.807, 2.05) is 19.1 Å². The van der Waals surface area contributed by atoms with Gasteiger partial charge in [0.1, 0.15) is 5.75 Å². The largest absolute Gasteiger partial charge is 0.497 e. The van der Waals surface area contributed by atoms with Gasteiger partial charge in [-0.05, 0) is 37.5 Å². The minimum absolute atomic E-state index is 0.0119. The first kappa shape index (κ1) is 14.3. The molecule has 4 nitrogen and oxygen atoms in total. The fraction of sp³-hybridized carbons (Fsp3) is 0.375. The zero-order chi connectivity index (χ0) is 14.8. The van der Waals surface area contributed by atoms with Crippen LogP contribution in [0, 0.1) is 5.41 Å². The highest BCUT2D eigenvalue weighted by atomic mass is 16.5. The zero-order valence-corrected chi connectivity index (χ0v) is 11.9. The molecule has 0 saturated carbocycles. The summed E-state index contributed by atoms with van der Waals surface area (Å²) >= 11 is 0. The second-order valence-corrected chi connectivity index (χ2v) is 5.13. The minimum atomic E-state index is -0.673. The smallest absolute Gasteiger partial charge is 0.330 e. The van der Waals surface area contributed by atoms with E-state index in [4.69, 9.17) is 4.74 Å². The number of ether oxygens (including phenoxy) is 2. The number of carbonyl (C=O) groups excluding carboxylic acids is 2. The van der Waals surface area contributed by atoms with Crippen molar-refractivity contribution in [2.75, 3.05) is 14.2 Å². The molecule has 1 aromatic rings. The SMILES string of the molecule is COC(=O)/C=C/C1(C)CCc2ccc(OC)cc2C1=O. The first-order valence-electron chi connectivity index (χ1n) is 6.49. The monoisotopic (exact) mass is 274 g/mol. The lowest BCUT2D eigenvalue weighted by molar-refractivity contribution is -0.134. The summed E-state index contributed by atoms with van der Waals surface area (Å²) < 4.78 is 9.74. The summed E-state index contributed by atoms with van der Waals surface area (Å²) in [6.07, 6.45) is 4.44. The molecule has 0 aliphatic heterocycles. The number of hydrogen-bond acceptors (Lipinski definition) is 4. The maximum atomic E-state index is 12.6. The third kappa shape index (κ3) is 2.59. The van der Waals surface area contributed by atoms with Crippen LogP contribution in [0.25, 0.3) is 0 Å². The molecule has 0 bridgehead atoms. The Kier molecular flexibility index (Phi) is 3.93. The van der Waals surface area contributed by atoms with Gasteiger partial charge in [0, 0.05) is 17.1 Å². The number of hydrogen-bond donors (Lipinski definition) is 0. The molecular formula is C16H18O4. The highest BCUT2D eigenvalue weighted by Gasteiger charge is 2.36. The molecule has 20 heavy (non-hydrogen) atoms. The van der Waals surface area contributed by atoms with E-state index < -0.39 is 11.4 Å². The van der Waals surface area contributed by atoms with Crippen LogP contribution in [-0.2, 0) is 16.0 Å². The van der Waals surface area contributed by atoms with E-state index >= 15 is 0 Å². The molecule has 0 saturated heterocycles. The Morgan fingerprint density at radius 3 is 2.75 bits per heavy atom. The number of benzene rings is 1. The summed E-state index contributed by atoms with van der Waals surface area (Å²) in [5.41, 5.74) is 1.03. The Morgan fingerprint density at radius 1 is 1.35 bits per heavy atom. The van der Waals surface area contributed by atoms with Crippen molar-refractivity contribution >= 4 is 11.8 Å². The molecule has 4 heteroatoms. The fourth-order valence-electron chi connectivity index (χ4n) is 2.41. The van der Waals surface area contributed by atoms with Gasteiger partial charge in [-0.1, -0.05) is 12.1 Å². The summed E-state index contributed by atoms with van der Waals surface area (Å²) in [5.74, 6) is 0.228. The van der Waals surface area contributed by atoms with Crippen LogP contribution in [0.5, 0.6) is 5.75 Å². The quantitative estimate of drug-likeness (QED) is 0.628. The predicted octanol–water partition coefficient (Wildman–Crippen LogP) is 2.56. The third-order valence-corrected chi connectivity index (χ3v) is 3.78. The first-order chi connectivity index (χ1) is 9.50. The highest BCUT2D eigenvalue weighted by molar-refractivity contribution is 6.04. The summed E-state index contributed by atoms with van der Waals surface area (Å²) in [6, 6.07) is 5.55. The number of rotatable bonds is 3. The molecule has 1 atom stereocenters. The van der Waals surface area contributed by atoms with Crippen molar-refractivity contribution < 1.29 is 19.1 Å². The molecule has 106 valence electrons. The molecule has 0 radical (unpaired) electrons. The van der Waals surface area contributed by atoms with E-state index in [1.165, 1.54) is 13.2 Å². The molecule has 0 spiro atoms. The normalized spacial score (nSPS) is 21.6. The van der Waals surface area contributed by atoms with Gasteiger partial charge >= 0.3 is 5.97 Å². The molecule has 0 fully saturated rings. The van der Waals surface area contributed by atoms with Crippen LogP contribution >= 0.6 is 0 Å². The van der Waals surface area contributed by atoms with Gasteiger partial charge in [-0.2, -0.15) is 0 Å². The van der Waals surface area contributed by atoms with Crippen molar-refractivity contribution in [1.82, 2.24) is 0 Å². The Morgan fingerprint density at radius 2 is 2.10 bits per heavy atom. The number of fused-ring (bicyclic) bond motifs is 1. The second-order valence-electron chi connectivity index (χ2n) is 5.13. The molecule has 1 aliphatic carbocycles. The lowest BCUT2D eigenvalue weighted by Gasteiger charge is -2.30. The van der Waals surface area contributed by atoms with E-state index in [0.717, 1.165) is 12.0 Å². The van der Waals surface area contributed by atoms with Gasteiger partial charge in [0.2, 0.25) is 0 Å². The van der Waals surface area contributed by atoms with Crippen LogP contribution in [0.2, 0.25) is 0 Å². The van der Waals surface area contributed by atoms with E-state index in [2.05, 4.69) is 4.74 Å². The number of ketones is 1. The molecule has 1 aromatic carbocycles. The summed E-state index contributed by atoms with van der Waals surface area (Å²) in [7, 11) is 2.89. The van der Waals surface area contributed by atoms with Crippen molar-refractivity contribution in [2.45, 2.75) is 19.8 Å². The Hall–Kier alpha value is -2.10. The van der Waals surface area contributed by atoms with Crippen molar-refractivity contribution in [3.8, 4) is 5.75 Å². The summed E-state index contributed by atoms with van der Waals surface area (Å²) in [4.78, 5) is 23.9. The number of esters is 1. The Labute approximate surface area is 118 Å². The number of Topliss-reactive ketones (excluding diaryl/α,β-unsaturated/α-hetero) is 1. The lowest BCUT2D eigenvalue weighted by Crippen LogP contribution is -2.31. The van der Waals surface area contributed by atoms with E-state index in [9.17, 15) is 9.59 Å². The average Bonchev–Trinajstić information content (AvgIpc) is 2.48. The maximum absolute atomic E-state index is 12.6. The Balaban J connectivity index is 2.34. The molecule has 0 N–H and O–H groups in total. The van der Waals surface area contributed by atoms with Crippen molar-refractivity contribution in [3.63, 3.8) is 0 Å². The van der Waals surface area contributed by atoms with Gasteiger partial charge in [-0.25, -0.2) is 4.79 Å². The van der Waals surface area contributed by atoms with Gasteiger partial charge in [0.05, 0.1) is 14.2 Å². The summed E-state index contributed by atoms with van der Waals surface area (Å²) in [6.45, 7) is 1.84. The molecule has 0 heterocycles. The van der Waals surface area contributed by atoms with E-state index in [-0.39, 0.29) is 5.78 Å². The van der Waals surface area contributed by atoms with Gasteiger partial charge in [0.15, 0.2) is 5.78 Å². The highest BCUT2D eigenvalue weighted by Crippen LogP contribution is 2.37. The molecule has 1 aliphatic rings. The Bertz CT molecular complexity index is 574. The molecule has 0 amide bonds. The predicted molar refractivity (Wildman–Crippen MR) is 74.9 cm³/mol. The minimum Gasteiger partial charge on any atom is -0.497 e. The van der Waals surface area contributed by atoms with Gasteiger partial charge in [-0.15, -0.1) is 0 Å². The van der Waals surface area contributed by atoms with Gasteiger partial charge in [-0.3, -0.25) is 4.79 Å². The van der Waals surface area contributed by atoms with Crippen LogP contribution in [0.3, 0.4) is 0 Å². The number of methoxy groups -OCH3 is 2. The fourth-order valence-corrected chi connectivity index (χ4v) is 2.41. The standard InChI is InChI=1S/C16H18O4/c1-16(9-7-14(17)20-3)8-6-11-4-5-12(19-2)10-13(11)15(16)18/h4-5,7,9-10H,6,8H2,1-3H3/b9-7+. The third-order valence-electron chi connectivity index (χ3n) is 3.78. The molecule has 0 aromatic heterocycles. The topological polar surface area (TPSA) is 52.6 Å². The van der Waals surface area contributed by atoms with Crippen molar-refractivity contribution in [3.05, 3.63) is 41.5 Å². The van der Waals surface area contributed by atoms with Gasteiger partial charge < -0.3 is 9.47 Å². The average molecular weight is 274 g/mol. The zero-order valence-electron chi connectivity index (χ0n) is 11.9. The van der Waals surface area contributed by atoms with Crippen LogP contribution in [0.1, 0.15) is 29.3 Å². The van der Waals surface area contributed by atoms with Gasteiger partial charge in [0.25, 0.3) is 0 Å². The van der Waals surface area contributed by atoms with E-state index in [1.54, 1.807) is 19.3 Å². The molecule has 2 rings (SSSR count).